The minimum atomic E-state index is -0.405. The molecule has 0 bridgehead atoms. The first kappa shape index (κ1) is 17.7. The maximum Gasteiger partial charge on any atom is 0.341 e. The number of ether oxygens (including phenoxy) is 2. The molecule has 0 fully saturated rings. The number of nitrogens with one attached hydrogen (secondary N) is 1. The highest BCUT2D eigenvalue weighted by Crippen LogP contribution is 2.34. The number of rotatable bonds is 5. The number of carbonyl (C=O) groups is 1. The highest BCUT2D eigenvalue weighted by Gasteiger charge is 2.18. The normalized spacial score (nSPS) is 10.6. The van der Waals surface area contributed by atoms with Gasteiger partial charge in [-0.15, -0.1) is 0 Å². The molecule has 5 heteroatoms. The van der Waals surface area contributed by atoms with Gasteiger partial charge in [-0.1, -0.05) is 17.7 Å². The van der Waals surface area contributed by atoms with Gasteiger partial charge in [-0.2, -0.15) is 0 Å². The maximum atomic E-state index is 12.5. The molecule has 5 nitrogen and oxygen atoms in total. The van der Waals surface area contributed by atoms with Crippen LogP contribution < -0.4 is 10.1 Å². The van der Waals surface area contributed by atoms with Gasteiger partial charge < -0.3 is 14.8 Å². The largest absolute Gasteiger partial charge is 0.495 e. The lowest BCUT2D eigenvalue weighted by Crippen LogP contribution is -2.09. The third-order valence-corrected chi connectivity index (χ3v) is 4.13. The van der Waals surface area contributed by atoms with Gasteiger partial charge in [0.25, 0.3) is 0 Å². The molecule has 134 valence electrons. The first-order valence-electron chi connectivity index (χ1n) is 8.51. The highest BCUT2D eigenvalue weighted by atomic mass is 16.5. The van der Waals surface area contributed by atoms with Crippen LogP contribution in [0.25, 0.3) is 10.9 Å². The smallest absolute Gasteiger partial charge is 0.341 e. The predicted molar refractivity (Wildman–Crippen MR) is 103 cm³/mol. The summed E-state index contributed by atoms with van der Waals surface area (Å²) in [5.41, 5.74) is 4.82. The van der Waals surface area contributed by atoms with Crippen molar-refractivity contribution in [3.63, 3.8) is 0 Å². The number of anilines is 2. The summed E-state index contributed by atoms with van der Waals surface area (Å²) in [5.74, 6) is 0.292. The second-order valence-corrected chi connectivity index (χ2v) is 6.12. The van der Waals surface area contributed by atoms with Crippen molar-refractivity contribution in [2.75, 3.05) is 19.0 Å². The molecule has 0 aliphatic rings. The molecule has 0 aliphatic carbocycles. The quantitative estimate of drug-likeness (QED) is 0.671. The third kappa shape index (κ3) is 3.47. The second-order valence-electron chi connectivity index (χ2n) is 6.12. The van der Waals surface area contributed by atoms with Crippen LogP contribution in [0.4, 0.5) is 11.4 Å². The Morgan fingerprint density at radius 1 is 1.12 bits per heavy atom. The van der Waals surface area contributed by atoms with Gasteiger partial charge in [-0.3, -0.25) is 4.98 Å². The van der Waals surface area contributed by atoms with Crippen molar-refractivity contribution in [2.45, 2.75) is 20.8 Å². The van der Waals surface area contributed by atoms with E-state index in [1.165, 1.54) is 0 Å². The fourth-order valence-corrected chi connectivity index (χ4v) is 2.86. The summed E-state index contributed by atoms with van der Waals surface area (Å²) < 4.78 is 10.7. The zero-order valence-corrected chi connectivity index (χ0v) is 15.4. The fourth-order valence-electron chi connectivity index (χ4n) is 2.86. The summed E-state index contributed by atoms with van der Waals surface area (Å²) in [4.78, 5) is 16.9. The molecule has 2 aromatic carbocycles. The van der Waals surface area contributed by atoms with Crippen molar-refractivity contribution >= 4 is 28.2 Å². The van der Waals surface area contributed by atoms with E-state index in [1.807, 2.05) is 50.2 Å². The predicted octanol–water partition coefficient (Wildman–Crippen LogP) is 4.78. The molecule has 26 heavy (non-hydrogen) atoms. The Labute approximate surface area is 153 Å². The van der Waals surface area contributed by atoms with E-state index in [4.69, 9.17) is 9.47 Å². The standard InChI is InChI=1S/C21H22N2O3/c1-5-26-21(24)16-12-22-17-8-6-13(2)10-15(17)20(16)23-18-11-14(3)7-9-19(18)25-4/h6-12H,5H2,1-4H3,(H,22,23). The molecule has 0 unspecified atom stereocenters. The zero-order valence-electron chi connectivity index (χ0n) is 15.4. The summed E-state index contributed by atoms with van der Waals surface area (Å²) in [7, 11) is 1.62. The van der Waals surface area contributed by atoms with Gasteiger partial charge in [-0.25, -0.2) is 4.79 Å². The average molecular weight is 350 g/mol. The summed E-state index contributed by atoms with van der Waals surface area (Å²) >= 11 is 0. The number of methoxy groups -OCH3 is 1. The topological polar surface area (TPSA) is 60.5 Å². The van der Waals surface area contributed by atoms with Crippen LogP contribution >= 0.6 is 0 Å². The van der Waals surface area contributed by atoms with Crippen LogP contribution in [-0.4, -0.2) is 24.7 Å². The molecule has 0 amide bonds. The first-order chi connectivity index (χ1) is 12.5. The van der Waals surface area contributed by atoms with Gasteiger partial charge in [0, 0.05) is 11.6 Å². The van der Waals surface area contributed by atoms with Gasteiger partial charge in [0.2, 0.25) is 0 Å². The lowest BCUT2D eigenvalue weighted by molar-refractivity contribution is 0.0527. The number of carbonyl (C=O) groups excluding carboxylic acids is 1. The molecule has 0 spiro atoms. The van der Waals surface area contributed by atoms with E-state index in [1.54, 1.807) is 20.2 Å². The van der Waals surface area contributed by atoms with E-state index in [0.717, 1.165) is 27.7 Å². The Morgan fingerprint density at radius 2 is 1.85 bits per heavy atom. The Kier molecular flexibility index (Phi) is 5.07. The molecule has 0 saturated carbocycles. The summed E-state index contributed by atoms with van der Waals surface area (Å²) in [5, 5.41) is 4.24. The maximum absolute atomic E-state index is 12.5. The van der Waals surface area contributed by atoms with E-state index < -0.39 is 5.97 Å². The van der Waals surface area contributed by atoms with Crippen LogP contribution in [0.15, 0.2) is 42.6 Å². The molecule has 0 aliphatic heterocycles. The van der Waals surface area contributed by atoms with Gasteiger partial charge in [-0.05, 0) is 50.6 Å². The van der Waals surface area contributed by atoms with E-state index in [-0.39, 0.29) is 0 Å². The van der Waals surface area contributed by atoms with Crippen molar-refractivity contribution in [3.8, 4) is 5.75 Å². The van der Waals surface area contributed by atoms with Crippen LogP contribution in [0, 0.1) is 13.8 Å². The summed E-state index contributed by atoms with van der Waals surface area (Å²) in [6.45, 7) is 6.10. The Bertz CT molecular complexity index is 967. The Balaban J connectivity index is 2.21. The molecule has 1 aromatic heterocycles. The minimum absolute atomic E-state index is 0.303. The summed E-state index contributed by atoms with van der Waals surface area (Å²) in [6.07, 6.45) is 1.56. The second kappa shape index (κ2) is 7.44. The zero-order chi connectivity index (χ0) is 18.7. The van der Waals surface area contributed by atoms with Gasteiger partial charge in [0.15, 0.2) is 0 Å². The number of nitrogens with zero attached hydrogens (tertiary/aromatic N) is 1. The molecular weight excluding hydrogens is 328 g/mol. The van der Waals surface area contributed by atoms with E-state index >= 15 is 0 Å². The van der Waals surface area contributed by atoms with Crippen molar-refractivity contribution < 1.29 is 14.3 Å². The van der Waals surface area contributed by atoms with Gasteiger partial charge in [0.05, 0.1) is 30.6 Å². The molecule has 0 radical (unpaired) electrons. The van der Waals surface area contributed by atoms with E-state index in [0.29, 0.717) is 23.6 Å². The van der Waals surface area contributed by atoms with Crippen molar-refractivity contribution in [2.24, 2.45) is 0 Å². The average Bonchev–Trinajstić information content (AvgIpc) is 2.62. The number of fused-ring (bicyclic) bond motifs is 1. The van der Waals surface area contributed by atoms with Crippen LogP contribution in [0.5, 0.6) is 5.75 Å². The third-order valence-electron chi connectivity index (χ3n) is 4.13. The van der Waals surface area contributed by atoms with Crippen LogP contribution in [0.1, 0.15) is 28.4 Å². The number of esters is 1. The number of aryl methyl sites for hydroxylation is 2. The molecule has 1 heterocycles. The monoisotopic (exact) mass is 350 g/mol. The first-order valence-corrected chi connectivity index (χ1v) is 8.51. The van der Waals surface area contributed by atoms with Crippen molar-refractivity contribution in [3.05, 3.63) is 59.3 Å². The molecule has 1 N–H and O–H groups in total. The van der Waals surface area contributed by atoms with Gasteiger partial charge >= 0.3 is 5.97 Å². The van der Waals surface area contributed by atoms with E-state index in [2.05, 4.69) is 10.3 Å². The number of aromatic nitrogens is 1. The molecule has 3 aromatic rings. The van der Waals surface area contributed by atoms with Crippen LogP contribution in [0.2, 0.25) is 0 Å². The van der Waals surface area contributed by atoms with Crippen LogP contribution in [-0.2, 0) is 4.74 Å². The fraction of sp³-hybridized carbons (Fsp3) is 0.238. The minimum Gasteiger partial charge on any atom is -0.495 e. The Hall–Kier alpha value is -3.08. The number of benzene rings is 2. The molecule has 0 saturated heterocycles. The molecule has 3 rings (SSSR count). The number of hydrogen-bond acceptors (Lipinski definition) is 5. The van der Waals surface area contributed by atoms with E-state index in [9.17, 15) is 4.79 Å². The Morgan fingerprint density at radius 3 is 2.58 bits per heavy atom. The van der Waals surface area contributed by atoms with Crippen molar-refractivity contribution in [1.29, 1.82) is 0 Å². The number of pyridine rings is 1. The van der Waals surface area contributed by atoms with Gasteiger partial charge in [0.1, 0.15) is 11.3 Å². The number of hydrogen-bond donors (Lipinski definition) is 1. The summed E-state index contributed by atoms with van der Waals surface area (Å²) in [6, 6.07) is 11.8. The lowest BCUT2D eigenvalue weighted by Gasteiger charge is -2.17. The van der Waals surface area contributed by atoms with Crippen molar-refractivity contribution in [1.82, 2.24) is 4.98 Å². The SMILES string of the molecule is CCOC(=O)c1cnc2ccc(C)cc2c1Nc1cc(C)ccc1OC. The van der Waals surface area contributed by atoms with Crippen LogP contribution in [0.3, 0.4) is 0 Å². The highest BCUT2D eigenvalue weighted by molar-refractivity contribution is 6.06. The molecule has 0 atom stereocenters. The lowest BCUT2D eigenvalue weighted by atomic mass is 10.1. The molecular formula is C21H22N2O3.